The third-order valence-electron chi connectivity index (χ3n) is 8.46. The number of hydrogen-bond acceptors (Lipinski definition) is 3. The Kier molecular flexibility index (Phi) is 6.26. The number of fused-ring (bicyclic) bond motifs is 1. The van der Waals surface area contributed by atoms with Gasteiger partial charge in [0.25, 0.3) is 0 Å². The van der Waals surface area contributed by atoms with Crippen molar-refractivity contribution in [2.24, 2.45) is 22.7 Å². The number of benzene rings is 1. The Bertz CT molecular complexity index is 766. The molecule has 2 aliphatic rings. The molecule has 3 nitrogen and oxygen atoms in total. The minimum absolute atomic E-state index is 0.106. The van der Waals surface area contributed by atoms with Crippen LogP contribution in [-0.2, 0) is 4.74 Å². The first-order valence-corrected chi connectivity index (χ1v) is 11.6. The molecule has 166 valence electrons. The van der Waals surface area contributed by atoms with Crippen molar-refractivity contribution >= 4 is 5.97 Å². The van der Waals surface area contributed by atoms with Crippen molar-refractivity contribution in [3.63, 3.8) is 0 Å². The highest BCUT2D eigenvalue weighted by Gasteiger charge is 2.57. The van der Waals surface area contributed by atoms with E-state index in [-0.39, 0.29) is 17.3 Å². The Morgan fingerprint density at radius 2 is 1.87 bits per heavy atom. The van der Waals surface area contributed by atoms with E-state index in [1.807, 2.05) is 32.0 Å². The molecular formula is C27H40O3. The number of carbonyl (C=O) groups is 1. The molecule has 3 rings (SSSR count). The van der Waals surface area contributed by atoms with Crippen LogP contribution in [0.5, 0.6) is 0 Å². The molecule has 5 unspecified atom stereocenters. The van der Waals surface area contributed by atoms with E-state index in [1.54, 1.807) is 18.2 Å². The Hall–Kier alpha value is -1.61. The number of carbonyl (C=O) groups excluding carboxylic acids is 1. The fourth-order valence-electron chi connectivity index (χ4n) is 6.74. The zero-order valence-corrected chi connectivity index (χ0v) is 19.5. The zero-order valence-electron chi connectivity index (χ0n) is 19.5. The smallest absolute Gasteiger partial charge is 0.338 e. The molecule has 0 radical (unpaired) electrons. The van der Waals surface area contributed by atoms with Gasteiger partial charge < -0.3 is 9.84 Å². The molecule has 1 aromatic rings. The lowest BCUT2D eigenvalue weighted by molar-refractivity contribution is -0.171. The van der Waals surface area contributed by atoms with Gasteiger partial charge in [-0.15, -0.1) is 0 Å². The van der Waals surface area contributed by atoms with Crippen molar-refractivity contribution in [1.82, 2.24) is 0 Å². The molecule has 2 aliphatic carbocycles. The highest BCUT2D eigenvalue weighted by molar-refractivity contribution is 5.89. The van der Waals surface area contributed by atoms with Gasteiger partial charge >= 0.3 is 5.97 Å². The molecule has 0 bridgehead atoms. The first-order valence-electron chi connectivity index (χ1n) is 11.6. The van der Waals surface area contributed by atoms with Crippen molar-refractivity contribution in [3.05, 3.63) is 48.6 Å². The van der Waals surface area contributed by atoms with Crippen LogP contribution in [0.1, 0.15) is 89.9 Å². The molecule has 1 aromatic carbocycles. The van der Waals surface area contributed by atoms with E-state index in [9.17, 15) is 9.90 Å². The summed E-state index contributed by atoms with van der Waals surface area (Å²) in [6.45, 7) is 15.1. The quantitative estimate of drug-likeness (QED) is 0.425. The molecule has 30 heavy (non-hydrogen) atoms. The fraction of sp³-hybridized carbons (Fsp3) is 0.667. The van der Waals surface area contributed by atoms with E-state index in [1.165, 1.54) is 12.8 Å². The molecule has 2 saturated carbocycles. The minimum Gasteiger partial charge on any atom is -0.452 e. The van der Waals surface area contributed by atoms with Gasteiger partial charge in [0.2, 0.25) is 0 Å². The lowest BCUT2D eigenvalue weighted by Gasteiger charge is -2.61. The molecule has 5 atom stereocenters. The van der Waals surface area contributed by atoms with E-state index in [0.717, 1.165) is 25.7 Å². The Balaban J connectivity index is 1.78. The highest BCUT2D eigenvalue weighted by atomic mass is 16.6. The van der Waals surface area contributed by atoms with Gasteiger partial charge in [0.05, 0.1) is 11.2 Å². The average Bonchev–Trinajstić information content (AvgIpc) is 2.67. The van der Waals surface area contributed by atoms with E-state index in [4.69, 9.17) is 4.74 Å². The van der Waals surface area contributed by atoms with Crippen LogP contribution < -0.4 is 0 Å². The molecule has 0 aliphatic heterocycles. The summed E-state index contributed by atoms with van der Waals surface area (Å²) < 4.78 is 5.90. The number of ether oxygens (including phenoxy) is 1. The number of hydrogen-bond donors (Lipinski definition) is 1. The van der Waals surface area contributed by atoms with Crippen LogP contribution in [0, 0.1) is 22.7 Å². The maximum Gasteiger partial charge on any atom is 0.338 e. The second-order valence-electron chi connectivity index (χ2n) is 11.2. The summed E-state index contributed by atoms with van der Waals surface area (Å²) >= 11 is 0. The van der Waals surface area contributed by atoms with Gasteiger partial charge in [0.1, 0.15) is 5.60 Å². The summed E-state index contributed by atoms with van der Waals surface area (Å²) in [5, 5.41) is 11.4. The number of aliphatic hydroxyl groups is 1. The third-order valence-corrected chi connectivity index (χ3v) is 8.46. The molecule has 0 spiro atoms. The Morgan fingerprint density at radius 3 is 2.50 bits per heavy atom. The van der Waals surface area contributed by atoms with Gasteiger partial charge in [-0.2, -0.15) is 0 Å². The van der Waals surface area contributed by atoms with Crippen LogP contribution >= 0.6 is 0 Å². The van der Waals surface area contributed by atoms with E-state index >= 15 is 0 Å². The van der Waals surface area contributed by atoms with Gasteiger partial charge in [-0.25, -0.2) is 4.79 Å². The molecule has 1 N–H and O–H groups in total. The fourth-order valence-corrected chi connectivity index (χ4v) is 6.74. The summed E-state index contributed by atoms with van der Waals surface area (Å²) in [4.78, 5) is 12.7. The van der Waals surface area contributed by atoms with Crippen molar-refractivity contribution in [3.8, 4) is 0 Å². The number of esters is 1. The van der Waals surface area contributed by atoms with E-state index in [0.29, 0.717) is 23.3 Å². The average molecular weight is 413 g/mol. The predicted octanol–water partition coefficient (Wildman–Crippen LogP) is 6.56. The highest BCUT2D eigenvalue weighted by Crippen LogP contribution is 2.63. The molecule has 0 saturated heterocycles. The summed E-state index contributed by atoms with van der Waals surface area (Å²) in [5.41, 5.74) is -0.477. The molecule has 0 aromatic heterocycles. The first-order chi connectivity index (χ1) is 13.9. The molecule has 0 heterocycles. The Morgan fingerprint density at radius 1 is 1.20 bits per heavy atom. The topological polar surface area (TPSA) is 46.5 Å². The monoisotopic (exact) mass is 412 g/mol. The lowest BCUT2D eigenvalue weighted by Crippen LogP contribution is -2.57. The van der Waals surface area contributed by atoms with Crippen molar-refractivity contribution in [2.45, 2.75) is 90.8 Å². The maximum atomic E-state index is 12.7. The minimum atomic E-state index is -0.753. The van der Waals surface area contributed by atoms with Crippen LogP contribution in [0.15, 0.2) is 43.0 Å². The van der Waals surface area contributed by atoms with Crippen LogP contribution in [0.3, 0.4) is 0 Å². The van der Waals surface area contributed by atoms with Crippen LogP contribution in [0.2, 0.25) is 0 Å². The summed E-state index contributed by atoms with van der Waals surface area (Å²) in [6.07, 6.45) is 8.81. The van der Waals surface area contributed by atoms with Crippen LogP contribution in [-0.4, -0.2) is 22.3 Å². The van der Waals surface area contributed by atoms with Crippen molar-refractivity contribution in [1.29, 1.82) is 0 Å². The van der Waals surface area contributed by atoms with Gasteiger partial charge in [-0.3, -0.25) is 0 Å². The third kappa shape index (κ3) is 4.37. The van der Waals surface area contributed by atoms with E-state index in [2.05, 4.69) is 27.4 Å². The zero-order chi connectivity index (χ0) is 22.2. The van der Waals surface area contributed by atoms with Gasteiger partial charge in [-0.1, -0.05) is 52.0 Å². The van der Waals surface area contributed by atoms with Crippen LogP contribution in [0.25, 0.3) is 0 Å². The largest absolute Gasteiger partial charge is 0.452 e. The number of rotatable bonds is 6. The second kappa shape index (κ2) is 8.15. The normalized spacial score (nSPS) is 35.0. The van der Waals surface area contributed by atoms with Crippen molar-refractivity contribution < 1.29 is 14.6 Å². The second-order valence-corrected chi connectivity index (χ2v) is 11.2. The van der Waals surface area contributed by atoms with E-state index < -0.39 is 11.2 Å². The van der Waals surface area contributed by atoms with Gasteiger partial charge in [-0.05, 0) is 93.2 Å². The summed E-state index contributed by atoms with van der Waals surface area (Å²) in [7, 11) is 0. The van der Waals surface area contributed by atoms with Crippen LogP contribution in [0.4, 0.5) is 0 Å². The van der Waals surface area contributed by atoms with Gasteiger partial charge in [0, 0.05) is 0 Å². The molecule has 2 fully saturated rings. The molecule has 0 amide bonds. The lowest BCUT2D eigenvalue weighted by atomic mass is 9.45. The summed E-state index contributed by atoms with van der Waals surface area (Å²) in [5.74, 6) is 0.472. The SMILES string of the molecule is C=CC(C)(CCC1C(C)(O)CCC2C(C)(C)CCCC21C)OC(=O)c1ccccc1. The Labute approximate surface area is 182 Å². The predicted molar refractivity (Wildman–Crippen MR) is 122 cm³/mol. The van der Waals surface area contributed by atoms with Crippen molar-refractivity contribution in [2.75, 3.05) is 0 Å². The maximum absolute atomic E-state index is 12.7. The summed E-state index contributed by atoms with van der Waals surface area (Å²) in [6, 6.07) is 9.11. The molecular weight excluding hydrogens is 372 g/mol. The van der Waals surface area contributed by atoms with Gasteiger partial charge in [0.15, 0.2) is 0 Å². The first kappa shape index (κ1) is 23.1. The molecule has 3 heteroatoms. The standard InChI is InChI=1S/C27H40O3/c1-7-25(4,30-23(28)20-12-9-8-10-13-20)18-14-22-26(5)17-11-16-24(2,3)21(26)15-19-27(22,6)29/h7-10,12-13,21-22,29H,1,11,14-19H2,2-6H3.